The number of carbonyl (C=O) groups is 2. The summed E-state index contributed by atoms with van der Waals surface area (Å²) in [7, 11) is -3.49. The van der Waals surface area contributed by atoms with Crippen LogP contribution < -0.4 is 20.1 Å². The van der Waals surface area contributed by atoms with Crippen molar-refractivity contribution in [1.29, 1.82) is 0 Å². The summed E-state index contributed by atoms with van der Waals surface area (Å²) in [6.45, 7) is 4.00. The molecule has 0 bridgehead atoms. The van der Waals surface area contributed by atoms with Crippen molar-refractivity contribution in [1.82, 2.24) is 19.7 Å². The molecule has 0 aliphatic carbocycles. The van der Waals surface area contributed by atoms with Gasteiger partial charge in [-0.2, -0.15) is 0 Å². The molecular weight excluding hydrogens is 519 g/mol. The number of ether oxygens (including phenoxy) is 1. The zero-order valence-corrected chi connectivity index (χ0v) is 21.4. The van der Waals surface area contributed by atoms with Gasteiger partial charge >= 0.3 is 11.8 Å². The molecule has 2 aromatic heterocycles. The maximum atomic E-state index is 13.6. The standard InChI is InChI=1S/C20H23FN6O5S3/c1-11(2)10-32-15-8-12(21)4-5-13(15)25-16(28)17(29)27-20-26-14(9-24-35(3,30)31)18(34-20)33-19-22-6-7-23-19/h4-8,11,24H,9-10H2,1-3H3,(H,22,23)(H,25,28)(H,26,27,29). The van der Waals surface area contributed by atoms with E-state index in [2.05, 4.69) is 30.3 Å². The number of H-pyrrole nitrogens is 1. The molecule has 4 N–H and O–H groups in total. The first-order chi connectivity index (χ1) is 16.5. The lowest BCUT2D eigenvalue weighted by atomic mass is 10.2. The summed E-state index contributed by atoms with van der Waals surface area (Å²) in [5.74, 6) is -2.33. The average molecular weight is 543 g/mol. The van der Waals surface area contributed by atoms with Gasteiger partial charge in [0.15, 0.2) is 10.3 Å². The van der Waals surface area contributed by atoms with Gasteiger partial charge in [-0.3, -0.25) is 14.9 Å². The summed E-state index contributed by atoms with van der Waals surface area (Å²) in [5, 5.41) is 5.43. The van der Waals surface area contributed by atoms with E-state index in [4.69, 9.17) is 4.74 Å². The SMILES string of the molecule is CC(C)COc1cc(F)ccc1NC(=O)C(=O)Nc1nc(CNS(C)(=O)=O)c(Sc2ncc[nH]2)s1. The zero-order chi connectivity index (χ0) is 25.6. The number of amides is 2. The van der Waals surface area contributed by atoms with Crippen LogP contribution >= 0.6 is 23.1 Å². The molecule has 2 amide bonds. The van der Waals surface area contributed by atoms with Gasteiger partial charge < -0.3 is 15.0 Å². The van der Waals surface area contributed by atoms with Crippen LogP contribution in [-0.2, 0) is 26.2 Å². The highest BCUT2D eigenvalue weighted by atomic mass is 32.2. The van der Waals surface area contributed by atoms with E-state index in [0.29, 0.717) is 15.1 Å². The Morgan fingerprint density at radius 1 is 1.26 bits per heavy atom. The number of hydrogen-bond donors (Lipinski definition) is 4. The zero-order valence-electron chi connectivity index (χ0n) is 18.9. The molecule has 1 aromatic carbocycles. The Morgan fingerprint density at radius 2 is 2.00 bits per heavy atom. The summed E-state index contributed by atoms with van der Waals surface area (Å²) < 4.78 is 45.1. The summed E-state index contributed by atoms with van der Waals surface area (Å²) in [6, 6.07) is 3.55. The van der Waals surface area contributed by atoms with Crippen LogP contribution in [0.5, 0.6) is 5.75 Å². The van der Waals surface area contributed by atoms with E-state index >= 15 is 0 Å². The fourth-order valence-corrected chi connectivity index (χ4v) is 4.89. The maximum absolute atomic E-state index is 13.6. The van der Waals surface area contributed by atoms with Gasteiger partial charge in [0.05, 0.1) is 35.0 Å². The molecule has 15 heteroatoms. The fourth-order valence-electron chi connectivity index (χ4n) is 2.48. The number of anilines is 2. The molecule has 0 saturated carbocycles. The molecule has 11 nitrogen and oxygen atoms in total. The molecule has 35 heavy (non-hydrogen) atoms. The predicted molar refractivity (Wildman–Crippen MR) is 131 cm³/mol. The third-order valence-corrected chi connectivity index (χ3v) is 6.83. The molecule has 0 aliphatic heterocycles. The third-order valence-electron chi connectivity index (χ3n) is 4.02. The average Bonchev–Trinajstić information content (AvgIpc) is 3.41. The van der Waals surface area contributed by atoms with Gasteiger partial charge in [0.25, 0.3) is 0 Å². The van der Waals surface area contributed by atoms with Crippen LogP contribution in [0.4, 0.5) is 15.2 Å². The minimum absolute atomic E-state index is 0.0832. The lowest BCUT2D eigenvalue weighted by Gasteiger charge is -2.13. The Labute approximate surface area is 209 Å². The number of aromatic nitrogens is 3. The van der Waals surface area contributed by atoms with Crippen LogP contribution in [0.3, 0.4) is 0 Å². The second-order valence-electron chi connectivity index (χ2n) is 7.60. The molecule has 0 saturated heterocycles. The minimum Gasteiger partial charge on any atom is -0.491 e. The highest BCUT2D eigenvalue weighted by molar-refractivity contribution is 8.01. The van der Waals surface area contributed by atoms with Crippen LogP contribution in [0, 0.1) is 11.7 Å². The van der Waals surface area contributed by atoms with Gasteiger partial charge in [0.1, 0.15) is 11.6 Å². The minimum atomic E-state index is -3.49. The van der Waals surface area contributed by atoms with Gasteiger partial charge in [0, 0.05) is 18.5 Å². The van der Waals surface area contributed by atoms with Crippen LogP contribution in [0.25, 0.3) is 0 Å². The highest BCUT2D eigenvalue weighted by Gasteiger charge is 2.21. The fraction of sp³-hybridized carbons (Fsp3) is 0.300. The summed E-state index contributed by atoms with van der Waals surface area (Å²) >= 11 is 2.24. The normalized spacial score (nSPS) is 11.5. The van der Waals surface area contributed by atoms with E-state index in [1.165, 1.54) is 17.8 Å². The van der Waals surface area contributed by atoms with Crippen LogP contribution in [0.1, 0.15) is 19.5 Å². The van der Waals surface area contributed by atoms with E-state index in [1.807, 2.05) is 13.8 Å². The Bertz CT molecular complexity index is 1290. The number of halogens is 1. The second kappa shape index (κ2) is 11.6. The third kappa shape index (κ3) is 8.31. The number of carbonyl (C=O) groups excluding carboxylic acids is 2. The Balaban J connectivity index is 1.73. The van der Waals surface area contributed by atoms with E-state index in [1.54, 1.807) is 12.4 Å². The van der Waals surface area contributed by atoms with Crippen LogP contribution in [0.15, 0.2) is 40.0 Å². The van der Waals surface area contributed by atoms with Crippen molar-refractivity contribution in [3.8, 4) is 5.75 Å². The number of sulfonamides is 1. The van der Waals surface area contributed by atoms with E-state index in [0.717, 1.165) is 29.7 Å². The van der Waals surface area contributed by atoms with Gasteiger partial charge in [-0.25, -0.2) is 27.5 Å². The molecule has 2 heterocycles. The Morgan fingerprint density at radius 3 is 2.66 bits per heavy atom. The molecular formula is C20H23FN6O5S3. The van der Waals surface area contributed by atoms with Crippen molar-refractivity contribution in [2.75, 3.05) is 23.5 Å². The topological polar surface area (TPSA) is 155 Å². The molecule has 0 radical (unpaired) electrons. The van der Waals surface area contributed by atoms with E-state index < -0.39 is 27.7 Å². The lowest BCUT2D eigenvalue weighted by molar-refractivity contribution is -0.133. The van der Waals surface area contributed by atoms with Crippen LogP contribution in [-0.4, -0.2) is 48.0 Å². The van der Waals surface area contributed by atoms with Crippen LogP contribution in [0.2, 0.25) is 0 Å². The Hall–Kier alpha value is -3.01. The number of nitrogens with zero attached hydrogens (tertiary/aromatic N) is 2. The Kier molecular flexibility index (Phi) is 8.82. The quantitative estimate of drug-likeness (QED) is 0.285. The molecule has 3 rings (SSSR count). The monoisotopic (exact) mass is 542 g/mol. The molecule has 0 aliphatic rings. The number of aromatic amines is 1. The maximum Gasteiger partial charge on any atom is 0.315 e. The van der Waals surface area contributed by atoms with Crippen molar-refractivity contribution < 1.29 is 27.1 Å². The van der Waals surface area contributed by atoms with Gasteiger partial charge in [-0.1, -0.05) is 25.2 Å². The van der Waals surface area contributed by atoms with Crippen molar-refractivity contribution in [3.05, 3.63) is 42.1 Å². The first-order valence-electron chi connectivity index (χ1n) is 10.2. The van der Waals surface area contributed by atoms with E-state index in [9.17, 15) is 22.4 Å². The molecule has 0 spiro atoms. The summed E-state index contributed by atoms with van der Waals surface area (Å²) in [4.78, 5) is 36.3. The van der Waals surface area contributed by atoms with E-state index in [-0.39, 0.29) is 35.6 Å². The van der Waals surface area contributed by atoms with Crippen molar-refractivity contribution >= 4 is 55.8 Å². The van der Waals surface area contributed by atoms with Gasteiger partial charge in [-0.15, -0.1) is 0 Å². The smallest absolute Gasteiger partial charge is 0.315 e. The van der Waals surface area contributed by atoms with Crippen molar-refractivity contribution in [2.24, 2.45) is 5.92 Å². The molecule has 3 aromatic rings. The second-order valence-corrected chi connectivity index (χ2v) is 11.7. The number of hydrogen-bond acceptors (Lipinski definition) is 9. The van der Waals surface area contributed by atoms with Gasteiger partial charge in [-0.05, 0) is 29.8 Å². The number of thiazole rings is 1. The molecule has 0 unspecified atom stereocenters. The first kappa shape index (κ1) is 26.6. The summed E-state index contributed by atoms with van der Waals surface area (Å²) in [5.41, 5.74) is 0.485. The molecule has 0 atom stereocenters. The largest absolute Gasteiger partial charge is 0.491 e. The van der Waals surface area contributed by atoms with Crippen molar-refractivity contribution in [2.45, 2.75) is 29.8 Å². The highest BCUT2D eigenvalue weighted by Crippen LogP contribution is 2.36. The predicted octanol–water partition coefficient (Wildman–Crippen LogP) is 2.82. The van der Waals surface area contributed by atoms with Crippen molar-refractivity contribution in [3.63, 3.8) is 0 Å². The van der Waals surface area contributed by atoms with Gasteiger partial charge in [0.2, 0.25) is 10.0 Å². The molecule has 188 valence electrons. The lowest BCUT2D eigenvalue weighted by Crippen LogP contribution is -2.29. The summed E-state index contributed by atoms with van der Waals surface area (Å²) in [6.07, 6.45) is 4.19. The number of nitrogens with one attached hydrogen (secondary N) is 4. The number of rotatable bonds is 10. The first-order valence-corrected chi connectivity index (χ1v) is 13.7. The molecule has 0 fully saturated rings. The number of imidazole rings is 1. The number of benzene rings is 1.